The van der Waals surface area contributed by atoms with Crippen LogP contribution in [0.4, 0.5) is 5.13 Å². The van der Waals surface area contributed by atoms with Crippen LogP contribution in [0.2, 0.25) is 0 Å². The van der Waals surface area contributed by atoms with Gasteiger partial charge in [-0.25, -0.2) is 4.98 Å². The molecule has 2 atom stereocenters. The Bertz CT molecular complexity index is 997. The predicted octanol–water partition coefficient (Wildman–Crippen LogP) is 3.98. The zero-order valence-corrected chi connectivity index (χ0v) is 17.6. The summed E-state index contributed by atoms with van der Waals surface area (Å²) in [5, 5.41) is 16.9. The van der Waals surface area contributed by atoms with Crippen molar-refractivity contribution < 1.29 is 14.6 Å². The van der Waals surface area contributed by atoms with Gasteiger partial charge in [-0.2, -0.15) is 0 Å². The van der Waals surface area contributed by atoms with E-state index in [9.17, 15) is 9.90 Å². The van der Waals surface area contributed by atoms with Gasteiger partial charge in [0.15, 0.2) is 5.13 Å². The van der Waals surface area contributed by atoms with Gasteiger partial charge in [0.1, 0.15) is 17.2 Å². The number of thiazole rings is 1. The zero-order chi connectivity index (χ0) is 19.5. The molecular weight excluding hydrogens is 412 g/mol. The minimum Gasteiger partial charge on any atom is -0.457 e. The predicted molar refractivity (Wildman–Crippen MR) is 116 cm³/mol. The number of hydrogen-bond donors (Lipinski definition) is 3. The second-order valence-electron chi connectivity index (χ2n) is 6.81. The van der Waals surface area contributed by atoms with Crippen LogP contribution in [-0.4, -0.2) is 40.2 Å². The van der Waals surface area contributed by atoms with Crippen LogP contribution in [0.5, 0.6) is 11.5 Å². The molecule has 9 heteroatoms. The number of ether oxygens (including phenoxy) is 1. The van der Waals surface area contributed by atoms with Crippen molar-refractivity contribution in [2.45, 2.75) is 37.8 Å². The Morgan fingerprint density at radius 3 is 2.79 bits per heavy atom. The molecule has 1 saturated carbocycles. The topological polar surface area (TPSA) is 96.4 Å². The third-order valence-corrected chi connectivity index (χ3v) is 5.77. The van der Waals surface area contributed by atoms with Crippen LogP contribution in [0.1, 0.15) is 36.2 Å². The monoisotopic (exact) mass is 434 g/mol. The average Bonchev–Trinajstić information content (AvgIpc) is 3.11. The summed E-state index contributed by atoms with van der Waals surface area (Å²) in [5.74, 6) is 0.944. The maximum absolute atomic E-state index is 11.7. The van der Waals surface area contributed by atoms with Gasteiger partial charge in [-0.1, -0.05) is 24.2 Å². The molecule has 0 radical (unpaired) electrons. The number of halogens is 1. The Morgan fingerprint density at radius 2 is 2.00 bits per heavy atom. The maximum atomic E-state index is 11.7. The number of hydrogen-bond acceptors (Lipinski definition) is 7. The third kappa shape index (κ3) is 4.95. The first-order valence-corrected chi connectivity index (χ1v) is 10.2. The molecule has 2 unspecified atom stereocenters. The van der Waals surface area contributed by atoms with E-state index in [2.05, 4.69) is 20.6 Å². The van der Waals surface area contributed by atoms with E-state index in [0.717, 1.165) is 41.0 Å². The van der Waals surface area contributed by atoms with Gasteiger partial charge in [0.05, 0.1) is 22.4 Å². The Kier molecular flexibility index (Phi) is 6.89. The van der Waals surface area contributed by atoms with E-state index in [1.165, 1.54) is 11.3 Å². The highest BCUT2D eigenvalue weighted by Gasteiger charge is 2.23. The van der Waals surface area contributed by atoms with Gasteiger partial charge in [-0.15, -0.1) is 12.4 Å². The van der Waals surface area contributed by atoms with Crippen molar-refractivity contribution in [2.75, 3.05) is 12.4 Å². The van der Waals surface area contributed by atoms with Crippen LogP contribution in [0.3, 0.4) is 0 Å². The highest BCUT2D eigenvalue weighted by molar-refractivity contribution is 7.22. The molecule has 1 aliphatic carbocycles. The molecule has 1 amide bonds. The number of rotatable bonds is 5. The number of benzene rings is 1. The highest BCUT2D eigenvalue weighted by Crippen LogP contribution is 2.32. The molecule has 3 N–H and O–H groups in total. The number of carbonyl (C=O) groups is 1. The molecule has 0 bridgehead atoms. The summed E-state index contributed by atoms with van der Waals surface area (Å²) in [4.78, 5) is 20.4. The summed E-state index contributed by atoms with van der Waals surface area (Å²) in [7, 11) is 1.56. The zero-order valence-electron chi connectivity index (χ0n) is 15.9. The highest BCUT2D eigenvalue weighted by atomic mass is 35.5. The first-order valence-electron chi connectivity index (χ1n) is 9.33. The largest absolute Gasteiger partial charge is 0.457 e. The number of aromatic nitrogens is 2. The number of aliphatic hydroxyl groups is 1. The third-order valence-electron chi connectivity index (χ3n) is 4.83. The fourth-order valence-electron chi connectivity index (χ4n) is 3.33. The molecule has 29 heavy (non-hydrogen) atoms. The molecule has 4 rings (SSSR count). The summed E-state index contributed by atoms with van der Waals surface area (Å²) in [6.07, 6.45) is 5.23. The van der Waals surface area contributed by atoms with E-state index >= 15 is 0 Å². The summed E-state index contributed by atoms with van der Waals surface area (Å²) < 4.78 is 6.89. The molecule has 0 spiro atoms. The van der Waals surface area contributed by atoms with Gasteiger partial charge < -0.3 is 20.5 Å². The average molecular weight is 435 g/mol. The molecular formula is C20H23ClN4O3S. The first kappa shape index (κ1) is 21.3. The first-order chi connectivity index (χ1) is 13.6. The van der Waals surface area contributed by atoms with E-state index in [0.29, 0.717) is 17.2 Å². The fourth-order valence-corrected chi connectivity index (χ4v) is 4.29. The van der Waals surface area contributed by atoms with Crippen LogP contribution in [0, 0.1) is 0 Å². The Hall–Kier alpha value is -2.42. The van der Waals surface area contributed by atoms with Gasteiger partial charge in [0.25, 0.3) is 5.91 Å². The smallest absolute Gasteiger partial charge is 0.269 e. The number of amides is 1. The van der Waals surface area contributed by atoms with Gasteiger partial charge >= 0.3 is 0 Å². The van der Waals surface area contributed by atoms with Crippen LogP contribution in [-0.2, 0) is 0 Å². The Labute approximate surface area is 178 Å². The second kappa shape index (κ2) is 9.39. The number of anilines is 1. The molecule has 7 nitrogen and oxygen atoms in total. The maximum Gasteiger partial charge on any atom is 0.269 e. The lowest BCUT2D eigenvalue weighted by molar-refractivity contribution is 0.0957. The number of aliphatic hydroxyl groups excluding tert-OH is 1. The number of fused-ring (bicyclic) bond motifs is 1. The van der Waals surface area contributed by atoms with Crippen molar-refractivity contribution in [2.24, 2.45) is 0 Å². The van der Waals surface area contributed by atoms with Crippen molar-refractivity contribution >= 4 is 45.0 Å². The van der Waals surface area contributed by atoms with Crippen LogP contribution >= 0.6 is 23.7 Å². The van der Waals surface area contributed by atoms with E-state index in [1.807, 2.05) is 18.2 Å². The lowest BCUT2D eigenvalue weighted by Crippen LogP contribution is -2.36. The lowest BCUT2D eigenvalue weighted by Gasteiger charge is -2.27. The Morgan fingerprint density at radius 1 is 1.21 bits per heavy atom. The van der Waals surface area contributed by atoms with Crippen LogP contribution < -0.4 is 15.4 Å². The molecule has 0 saturated heterocycles. The number of nitrogens with one attached hydrogen (secondary N) is 2. The summed E-state index contributed by atoms with van der Waals surface area (Å²) in [6.45, 7) is 0. The van der Waals surface area contributed by atoms with E-state index in [1.54, 1.807) is 25.4 Å². The number of nitrogens with zero attached hydrogens (tertiary/aromatic N) is 2. The molecule has 2 aromatic heterocycles. The summed E-state index contributed by atoms with van der Waals surface area (Å²) in [6, 6.07) is 9.06. The van der Waals surface area contributed by atoms with Gasteiger partial charge in [-0.3, -0.25) is 9.78 Å². The standard InChI is InChI=1S/C20H22N4O3S.ClH/c1-21-19(26)16-10-13(8-9-22-16)27-12-6-7-15-18(11-12)28-20(24-15)23-14-4-2-3-5-17(14)25;/h6-11,14,17,25H,2-5H2,1H3,(H,21,26)(H,23,24);1H. The SMILES string of the molecule is CNC(=O)c1cc(Oc2ccc3nc(NC4CCCCC4O)sc3c2)ccn1.Cl. The number of carbonyl (C=O) groups excluding carboxylic acids is 1. The van der Waals surface area contributed by atoms with Crippen LogP contribution in [0.25, 0.3) is 10.2 Å². The quantitative estimate of drug-likeness (QED) is 0.562. The van der Waals surface area contributed by atoms with Crippen LogP contribution in [0.15, 0.2) is 36.5 Å². The van der Waals surface area contributed by atoms with E-state index in [4.69, 9.17) is 4.74 Å². The lowest BCUT2D eigenvalue weighted by atomic mass is 9.93. The van der Waals surface area contributed by atoms with Gasteiger partial charge in [0.2, 0.25) is 0 Å². The summed E-state index contributed by atoms with van der Waals surface area (Å²) >= 11 is 1.54. The molecule has 154 valence electrons. The van der Waals surface area contributed by atoms with Crippen molar-refractivity contribution in [1.29, 1.82) is 0 Å². The van der Waals surface area contributed by atoms with Crippen molar-refractivity contribution in [3.8, 4) is 11.5 Å². The van der Waals surface area contributed by atoms with E-state index in [-0.39, 0.29) is 30.5 Å². The Balaban J connectivity index is 0.00000240. The normalized spacial score (nSPS) is 18.7. The number of pyridine rings is 1. The van der Waals surface area contributed by atoms with Crippen molar-refractivity contribution in [3.05, 3.63) is 42.2 Å². The van der Waals surface area contributed by atoms with Gasteiger partial charge in [-0.05, 0) is 31.0 Å². The van der Waals surface area contributed by atoms with Crippen molar-refractivity contribution in [1.82, 2.24) is 15.3 Å². The molecule has 0 aliphatic heterocycles. The molecule has 1 aliphatic rings. The minimum atomic E-state index is -0.319. The van der Waals surface area contributed by atoms with Gasteiger partial charge in [0, 0.05) is 25.4 Å². The fraction of sp³-hybridized carbons (Fsp3) is 0.350. The second-order valence-corrected chi connectivity index (χ2v) is 7.84. The summed E-state index contributed by atoms with van der Waals surface area (Å²) in [5.41, 5.74) is 1.18. The molecule has 2 heterocycles. The molecule has 1 aromatic carbocycles. The minimum absolute atomic E-state index is 0. The molecule has 1 fully saturated rings. The van der Waals surface area contributed by atoms with Crippen molar-refractivity contribution in [3.63, 3.8) is 0 Å². The molecule has 3 aromatic rings. The van der Waals surface area contributed by atoms with E-state index < -0.39 is 0 Å².